The summed E-state index contributed by atoms with van der Waals surface area (Å²) in [6.45, 7) is 2.78. The lowest BCUT2D eigenvalue weighted by Gasteiger charge is -2.27. The Morgan fingerprint density at radius 3 is 1.93 bits per heavy atom. The first-order valence-corrected chi connectivity index (χ1v) is 9.49. The molecule has 27 heavy (non-hydrogen) atoms. The van der Waals surface area contributed by atoms with Gasteiger partial charge in [0.25, 0.3) is 5.91 Å². The Balaban J connectivity index is 1.82. The molecule has 4 heteroatoms. The summed E-state index contributed by atoms with van der Waals surface area (Å²) in [5.41, 5.74) is 2.50. The largest absolute Gasteiger partial charge is 0.367 e. The second-order valence-electron chi connectivity index (χ2n) is 6.88. The van der Waals surface area contributed by atoms with E-state index in [9.17, 15) is 10.1 Å². The maximum absolute atomic E-state index is 12.8. The molecule has 0 bridgehead atoms. The van der Waals surface area contributed by atoms with Gasteiger partial charge in [-0.15, -0.1) is 0 Å². The van der Waals surface area contributed by atoms with Crippen LogP contribution < -0.4 is 0 Å². The molecule has 1 aliphatic heterocycles. The zero-order valence-electron chi connectivity index (χ0n) is 15.6. The van der Waals surface area contributed by atoms with Gasteiger partial charge in [-0.05, 0) is 30.4 Å². The highest BCUT2D eigenvalue weighted by Crippen LogP contribution is 2.15. The Labute approximate surface area is 161 Å². The monoisotopic (exact) mass is 359 g/mol. The molecular formula is C23H25N3O. The summed E-state index contributed by atoms with van der Waals surface area (Å²) in [7, 11) is 0. The van der Waals surface area contributed by atoms with Crippen molar-refractivity contribution in [3.8, 4) is 6.07 Å². The van der Waals surface area contributed by atoms with Crippen LogP contribution in [0.5, 0.6) is 0 Å². The molecule has 0 N–H and O–H groups in total. The summed E-state index contributed by atoms with van der Waals surface area (Å²) >= 11 is 0. The first-order valence-electron chi connectivity index (χ1n) is 9.49. The van der Waals surface area contributed by atoms with Crippen molar-refractivity contribution < 1.29 is 4.79 Å². The zero-order chi connectivity index (χ0) is 18.9. The Morgan fingerprint density at radius 2 is 1.44 bits per heavy atom. The number of hydrogen-bond donors (Lipinski definition) is 0. The van der Waals surface area contributed by atoms with Crippen molar-refractivity contribution in [2.75, 3.05) is 13.1 Å². The molecule has 1 saturated heterocycles. The van der Waals surface area contributed by atoms with Gasteiger partial charge in [-0.1, -0.05) is 60.7 Å². The molecular weight excluding hydrogens is 334 g/mol. The highest BCUT2D eigenvalue weighted by atomic mass is 16.2. The molecule has 138 valence electrons. The minimum absolute atomic E-state index is 0.150. The van der Waals surface area contributed by atoms with Crippen LogP contribution in [0.3, 0.4) is 0 Å². The van der Waals surface area contributed by atoms with Gasteiger partial charge in [-0.3, -0.25) is 4.79 Å². The highest BCUT2D eigenvalue weighted by molar-refractivity contribution is 5.97. The third-order valence-electron chi connectivity index (χ3n) is 4.76. The second-order valence-corrected chi connectivity index (χ2v) is 6.88. The molecule has 0 aliphatic carbocycles. The van der Waals surface area contributed by atoms with E-state index in [4.69, 9.17) is 0 Å². The number of carbonyl (C=O) groups excluding carboxylic acids is 1. The van der Waals surface area contributed by atoms with Crippen LogP contribution >= 0.6 is 0 Å². The molecule has 1 amide bonds. The van der Waals surface area contributed by atoms with Crippen LogP contribution in [0.15, 0.2) is 72.4 Å². The van der Waals surface area contributed by atoms with Crippen LogP contribution in [0.1, 0.15) is 30.4 Å². The van der Waals surface area contributed by atoms with E-state index in [1.54, 1.807) is 6.20 Å². The van der Waals surface area contributed by atoms with Gasteiger partial charge in [-0.25, -0.2) is 0 Å². The molecule has 0 saturated carbocycles. The normalized spacial score (nSPS) is 14.5. The molecule has 0 atom stereocenters. The van der Waals surface area contributed by atoms with E-state index >= 15 is 0 Å². The fourth-order valence-electron chi connectivity index (χ4n) is 3.36. The SMILES string of the molecule is N#C/C(=C/N(Cc1ccccc1)Cc1ccccc1)C(=O)N1CCCCC1. The summed E-state index contributed by atoms with van der Waals surface area (Å²) in [5, 5.41) is 9.62. The van der Waals surface area contributed by atoms with E-state index in [1.807, 2.05) is 46.2 Å². The number of carbonyl (C=O) groups is 1. The number of piperidine rings is 1. The fraction of sp³-hybridized carbons (Fsp3) is 0.304. The van der Waals surface area contributed by atoms with Crippen LogP contribution in [0, 0.1) is 11.3 Å². The van der Waals surface area contributed by atoms with E-state index < -0.39 is 0 Å². The van der Waals surface area contributed by atoms with Crippen molar-refractivity contribution in [3.05, 3.63) is 83.6 Å². The first kappa shape index (κ1) is 18.7. The number of rotatable bonds is 6. The van der Waals surface area contributed by atoms with Crippen LogP contribution in [-0.4, -0.2) is 28.8 Å². The number of hydrogen-bond acceptors (Lipinski definition) is 3. The molecule has 1 fully saturated rings. The van der Waals surface area contributed by atoms with Gasteiger partial charge in [0.05, 0.1) is 0 Å². The average molecular weight is 359 g/mol. The average Bonchev–Trinajstić information content (AvgIpc) is 2.73. The van der Waals surface area contributed by atoms with Gasteiger partial charge in [0.1, 0.15) is 11.6 Å². The van der Waals surface area contributed by atoms with E-state index in [0.717, 1.165) is 43.5 Å². The lowest BCUT2D eigenvalue weighted by Crippen LogP contribution is -2.36. The minimum atomic E-state index is -0.150. The summed E-state index contributed by atoms with van der Waals surface area (Å²) in [4.78, 5) is 16.6. The standard InChI is InChI=1S/C23H25N3O/c24-16-22(23(27)26-14-8-3-9-15-26)19-25(17-20-10-4-1-5-11-20)18-21-12-6-2-7-13-21/h1-2,4-7,10-13,19H,3,8-9,14-15,17-18H2/b22-19-. The van der Waals surface area contributed by atoms with Crippen molar-refractivity contribution in [2.45, 2.75) is 32.4 Å². The number of nitrogens with zero attached hydrogens (tertiary/aromatic N) is 3. The summed E-state index contributed by atoms with van der Waals surface area (Å²) in [6.07, 6.45) is 4.92. The predicted octanol–water partition coefficient (Wildman–Crippen LogP) is 4.11. The van der Waals surface area contributed by atoms with Crippen molar-refractivity contribution >= 4 is 5.91 Å². The van der Waals surface area contributed by atoms with Crippen LogP contribution in [0.2, 0.25) is 0 Å². The Morgan fingerprint density at radius 1 is 0.926 bits per heavy atom. The van der Waals surface area contributed by atoms with E-state index in [1.165, 1.54) is 0 Å². The predicted molar refractivity (Wildman–Crippen MR) is 106 cm³/mol. The highest BCUT2D eigenvalue weighted by Gasteiger charge is 2.21. The Hall–Kier alpha value is -3.06. The minimum Gasteiger partial charge on any atom is -0.367 e. The lowest BCUT2D eigenvalue weighted by molar-refractivity contribution is -0.127. The fourth-order valence-corrected chi connectivity index (χ4v) is 3.36. The second kappa shape index (κ2) is 9.59. The summed E-state index contributed by atoms with van der Waals surface area (Å²) in [6, 6.07) is 22.4. The third-order valence-corrected chi connectivity index (χ3v) is 4.76. The molecule has 2 aromatic carbocycles. The molecule has 3 rings (SSSR count). The van der Waals surface area contributed by atoms with Gasteiger partial charge >= 0.3 is 0 Å². The third kappa shape index (κ3) is 5.46. The smallest absolute Gasteiger partial charge is 0.266 e. The van der Waals surface area contributed by atoms with Crippen LogP contribution in [0.4, 0.5) is 0 Å². The zero-order valence-corrected chi connectivity index (χ0v) is 15.6. The van der Waals surface area contributed by atoms with Gasteiger partial charge in [-0.2, -0.15) is 5.26 Å². The van der Waals surface area contributed by atoms with Gasteiger partial charge in [0, 0.05) is 32.4 Å². The Bertz CT molecular complexity index is 761. The molecule has 0 unspecified atom stereocenters. The summed E-state index contributed by atoms with van der Waals surface area (Å²) in [5.74, 6) is -0.150. The van der Waals surface area contributed by atoms with E-state index in [0.29, 0.717) is 13.1 Å². The molecule has 1 heterocycles. The van der Waals surface area contributed by atoms with Crippen LogP contribution in [-0.2, 0) is 17.9 Å². The topological polar surface area (TPSA) is 47.3 Å². The number of likely N-dealkylation sites (tertiary alicyclic amines) is 1. The van der Waals surface area contributed by atoms with Crippen molar-refractivity contribution in [2.24, 2.45) is 0 Å². The van der Waals surface area contributed by atoms with Crippen molar-refractivity contribution in [1.82, 2.24) is 9.80 Å². The van der Waals surface area contributed by atoms with Crippen molar-refractivity contribution in [1.29, 1.82) is 5.26 Å². The van der Waals surface area contributed by atoms with E-state index in [-0.39, 0.29) is 11.5 Å². The van der Waals surface area contributed by atoms with Crippen molar-refractivity contribution in [3.63, 3.8) is 0 Å². The molecule has 0 spiro atoms. The molecule has 0 radical (unpaired) electrons. The Kier molecular flexibility index (Phi) is 6.65. The molecule has 0 aromatic heterocycles. The molecule has 2 aromatic rings. The maximum Gasteiger partial charge on any atom is 0.266 e. The maximum atomic E-state index is 12.8. The number of amides is 1. The molecule has 1 aliphatic rings. The van der Waals surface area contributed by atoms with E-state index in [2.05, 4.69) is 30.3 Å². The lowest BCUT2D eigenvalue weighted by atomic mass is 10.1. The van der Waals surface area contributed by atoms with Gasteiger partial charge < -0.3 is 9.80 Å². The molecule has 4 nitrogen and oxygen atoms in total. The number of nitriles is 1. The van der Waals surface area contributed by atoms with Gasteiger partial charge in [0.2, 0.25) is 0 Å². The first-order chi connectivity index (χ1) is 13.3. The quantitative estimate of drug-likeness (QED) is 0.576. The van der Waals surface area contributed by atoms with Crippen LogP contribution in [0.25, 0.3) is 0 Å². The number of benzene rings is 2. The summed E-state index contributed by atoms with van der Waals surface area (Å²) < 4.78 is 0. The van der Waals surface area contributed by atoms with Gasteiger partial charge in [0.15, 0.2) is 0 Å².